The predicted molar refractivity (Wildman–Crippen MR) is 159 cm³/mol. The summed E-state index contributed by atoms with van der Waals surface area (Å²) in [6.45, 7) is 0. The van der Waals surface area contributed by atoms with Crippen molar-refractivity contribution in [2.75, 3.05) is 0 Å². The SMILES string of the molecule is NC(=O)CC(NC(=O)C(Cc1ccc(O)cc1)NC(=O)C(Cc1ccc(O)cc1)NC(=O)C(N)Cc1ccccc1)C(=O)O. The lowest BCUT2D eigenvalue weighted by Gasteiger charge is -2.25. The molecule has 3 aromatic carbocycles. The van der Waals surface area contributed by atoms with Gasteiger partial charge in [-0.15, -0.1) is 0 Å². The van der Waals surface area contributed by atoms with Crippen LogP contribution in [0.1, 0.15) is 23.1 Å². The first kappa shape index (κ1) is 33.1. The van der Waals surface area contributed by atoms with Crippen LogP contribution in [0, 0.1) is 0 Å². The number of hydrogen-bond donors (Lipinski definition) is 8. The third-order valence-electron chi connectivity index (χ3n) is 6.67. The molecule has 44 heavy (non-hydrogen) atoms. The fraction of sp³-hybridized carbons (Fsp3) is 0.258. The van der Waals surface area contributed by atoms with Crippen molar-refractivity contribution in [2.24, 2.45) is 11.5 Å². The third-order valence-corrected chi connectivity index (χ3v) is 6.67. The number of phenolic OH excluding ortho intramolecular Hbond substituents is 2. The highest BCUT2D eigenvalue weighted by Crippen LogP contribution is 2.14. The van der Waals surface area contributed by atoms with Gasteiger partial charge in [0.25, 0.3) is 0 Å². The molecule has 0 aromatic heterocycles. The van der Waals surface area contributed by atoms with E-state index in [1.165, 1.54) is 36.4 Å². The average molecular weight is 606 g/mol. The van der Waals surface area contributed by atoms with Crippen LogP contribution in [0.25, 0.3) is 0 Å². The molecule has 0 aliphatic heterocycles. The van der Waals surface area contributed by atoms with Gasteiger partial charge in [-0.3, -0.25) is 19.2 Å². The molecule has 13 nitrogen and oxygen atoms in total. The predicted octanol–water partition coefficient (Wildman–Crippen LogP) is -0.133. The van der Waals surface area contributed by atoms with E-state index in [0.29, 0.717) is 11.1 Å². The van der Waals surface area contributed by atoms with Gasteiger partial charge in [0, 0.05) is 12.8 Å². The van der Waals surface area contributed by atoms with Gasteiger partial charge in [-0.05, 0) is 47.4 Å². The number of aliphatic carboxylic acids is 1. The Labute approximate surface area is 253 Å². The van der Waals surface area contributed by atoms with Crippen molar-refractivity contribution in [3.8, 4) is 11.5 Å². The lowest BCUT2D eigenvalue weighted by molar-refractivity contribution is -0.143. The summed E-state index contributed by atoms with van der Waals surface area (Å²) >= 11 is 0. The molecule has 232 valence electrons. The Hall–Kier alpha value is -5.43. The van der Waals surface area contributed by atoms with Gasteiger partial charge in [-0.25, -0.2) is 4.79 Å². The van der Waals surface area contributed by atoms with Gasteiger partial charge in [0.15, 0.2) is 0 Å². The van der Waals surface area contributed by atoms with E-state index in [1.54, 1.807) is 24.3 Å². The summed E-state index contributed by atoms with van der Waals surface area (Å²) in [5.41, 5.74) is 13.2. The number of carbonyl (C=O) groups excluding carboxylic acids is 4. The van der Waals surface area contributed by atoms with Crippen LogP contribution < -0.4 is 27.4 Å². The maximum atomic E-state index is 13.7. The van der Waals surface area contributed by atoms with Crippen molar-refractivity contribution in [2.45, 2.75) is 49.9 Å². The maximum absolute atomic E-state index is 13.7. The Bertz CT molecular complexity index is 1450. The number of nitrogens with one attached hydrogen (secondary N) is 3. The van der Waals surface area contributed by atoms with Crippen molar-refractivity contribution >= 4 is 29.6 Å². The molecule has 0 saturated heterocycles. The van der Waals surface area contributed by atoms with Crippen LogP contribution in [0.3, 0.4) is 0 Å². The number of carboxylic acid groups (broad SMARTS) is 1. The molecule has 3 rings (SSSR count). The van der Waals surface area contributed by atoms with Crippen LogP contribution in [-0.2, 0) is 43.2 Å². The van der Waals surface area contributed by atoms with Crippen molar-refractivity contribution < 1.29 is 39.3 Å². The first-order valence-corrected chi connectivity index (χ1v) is 13.7. The van der Waals surface area contributed by atoms with Crippen LogP contribution in [0.5, 0.6) is 11.5 Å². The molecule has 0 aliphatic carbocycles. The molecule has 0 saturated carbocycles. The van der Waals surface area contributed by atoms with Crippen LogP contribution in [0.2, 0.25) is 0 Å². The lowest BCUT2D eigenvalue weighted by Crippen LogP contribution is -2.58. The number of phenols is 2. The normalized spacial score (nSPS) is 13.5. The molecule has 0 bridgehead atoms. The molecule has 0 heterocycles. The molecular weight excluding hydrogens is 570 g/mol. The highest BCUT2D eigenvalue weighted by atomic mass is 16.4. The zero-order chi connectivity index (χ0) is 32.2. The molecule has 3 aromatic rings. The maximum Gasteiger partial charge on any atom is 0.326 e. The first-order chi connectivity index (χ1) is 20.9. The fourth-order valence-electron chi connectivity index (χ4n) is 4.34. The standard InChI is InChI=1S/C31H35N5O8/c32-23(14-18-4-2-1-3-5-18)28(40)34-24(15-19-6-10-21(37)11-7-19)29(41)35-25(16-20-8-12-22(38)13-9-20)30(42)36-26(31(43)44)17-27(33)39/h1-13,23-26,37-38H,14-17,32H2,(H2,33,39)(H,34,40)(H,35,41)(H,36,42)(H,43,44). The van der Waals surface area contributed by atoms with Crippen LogP contribution >= 0.6 is 0 Å². The Balaban J connectivity index is 1.85. The minimum atomic E-state index is -1.65. The van der Waals surface area contributed by atoms with E-state index in [0.717, 1.165) is 5.56 Å². The second-order valence-electron chi connectivity index (χ2n) is 10.2. The Morgan fingerprint density at radius 3 is 1.43 bits per heavy atom. The van der Waals surface area contributed by atoms with E-state index in [1.807, 2.05) is 18.2 Å². The summed E-state index contributed by atoms with van der Waals surface area (Å²) in [5, 5.41) is 36.2. The van der Waals surface area contributed by atoms with Gasteiger partial charge in [0.05, 0.1) is 12.5 Å². The fourth-order valence-corrected chi connectivity index (χ4v) is 4.34. The van der Waals surface area contributed by atoms with Gasteiger partial charge < -0.3 is 42.7 Å². The second kappa shape index (κ2) is 15.7. The van der Waals surface area contributed by atoms with E-state index in [9.17, 15) is 39.3 Å². The highest BCUT2D eigenvalue weighted by molar-refractivity contribution is 5.95. The number of rotatable bonds is 15. The molecular formula is C31H35N5O8. The molecule has 10 N–H and O–H groups in total. The summed E-state index contributed by atoms with van der Waals surface area (Å²) in [4.78, 5) is 63.1. The largest absolute Gasteiger partial charge is 0.508 e. The van der Waals surface area contributed by atoms with Crippen LogP contribution in [0.4, 0.5) is 0 Å². The van der Waals surface area contributed by atoms with E-state index in [-0.39, 0.29) is 30.8 Å². The van der Waals surface area contributed by atoms with Crippen LogP contribution in [-0.4, -0.2) is 69.1 Å². The summed E-state index contributed by atoms with van der Waals surface area (Å²) in [5.74, 6) is -4.82. The first-order valence-electron chi connectivity index (χ1n) is 13.7. The quantitative estimate of drug-likeness (QED) is 0.115. The average Bonchev–Trinajstić information content (AvgIpc) is 2.98. The van der Waals surface area contributed by atoms with E-state index < -0.39 is 60.2 Å². The lowest BCUT2D eigenvalue weighted by atomic mass is 10.0. The van der Waals surface area contributed by atoms with Gasteiger partial charge in [-0.1, -0.05) is 54.6 Å². The molecule has 0 spiro atoms. The Morgan fingerprint density at radius 1 is 0.591 bits per heavy atom. The zero-order valence-corrected chi connectivity index (χ0v) is 23.7. The molecule has 0 fully saturated rings. The van der Waals surface area contributed by atoms with E-state index in [2.05, 4.69) is 16.0 Å². The van der Waals surface area contributed by atoms with Crippen molar-refractivity contribution in [3.05, 3.63) is 95.6 Å². The highest BCUT2D eigenvalue weighted by Gasteiger charge is 2.31. The van der Waals surface area contributed by atoms with Gasteiger partial charge >= 0.3 is 5.97 Å². The summed E-state index contributed by atoms with van der Waals surface area (Å²) < 4.78 is 0. The molecule has 0 aliphatic rings. The van der Waals surface area contributed by atoms with Crippen LogP contribution in [0.15, 0.2) is 78.9 Å². The Morgan fingerprint density at radius 2 is 1.00 bits per heavy atom. The van der Waals surface area contributed by atoms with Gasteiger partial charge in [-0.2, -0.15) is 0 Å². The summed E-state index contributed by atoms with van der Waals surface area (Å²) in [6, 6.07) is 15.5. The number of carboxylic acids is 1. The molecule has 4 unspecified atom stereocenters. The molecule has 0 radical (unpaired) electrons. The van der Waals surface area contributed by atoms with Crippen molar-refractivity contribution in [3.63, 3.8) is 0 Å². The monoisotopic (exact) mass is 605 g/mol. The zero-order valence-electron chi connectivity index (χ0n) is 23.7. The number of amides is 4. The number of nitrogens with two attached hydrogens (primary N) is 2. The van der Waals surface area contributed by atoms with Crippen molar-refractivity contribution in [1.29, 1.82) is 0 Å². The van der Waals surface area contributed by atoms with E-state index >= 15 is 0 Å². The molecule has 4 amide bonds. The minimum Gasteiger partial charge on any atom is -0.508 e. The third kappa shape index (κ3) is 10.4. The van der Waals surface area contributed by atoms with E-state index in [4.69, 9.17) is 11.5 Å². The topological polar surface area (TPSA) is 234 Å². The second-order valence-corrected chi connectivity index (χ2v) is 10.2. The number of benzene rings is 3. The number of hydrogen-bond acceptors (Lipinski definition) is 8. The Kier molecular flexibility index (Phi) is 11.8. The summed E-state index contributed by atoms with van der Waals surface area (Å²) in [7, 11) is 0. The number of primary amides is 1. The number of aromatic hydroxyl groups is 2. The summed E-state index contributed by atoms with van der Waals surface area (Å²) in [6.07, 6.45) is -0.653. The van der Waals surface area contributed by atoms with Gasteiger partial charge in [0.2, 0.25) is 23.6 Å². The molecule has 4 atom stereocenters. The minimum absolute atomic E-state index is 0.00162. The van der Waals surface area contributed by atoms with Gasteiger partial charge in [0.1, 0.15) is 29.6 Å². The van der Waals surface area contributed by atoms with Crippen molar-refractivity contribution in [1.82, 2.24) is 16.0 Å². The smallest absolute Gasteiger partial charge is 0.326 e. The molecule has 13 heteroatoms. The number of carbonyl (C=O) groups is 5.